The smallest absolute Gasteiger partial charge is 0.336 e. The zero-order chi connectivity index (χ0) is 19.9. The van der Waals surface area contributed by atoms with Crippen molar-refractivity contribution >= 4 is 11.6 Å². The van der Waals surface area contributed by atoms with E-state index in [1.165, 1.54) is 33.6 Å². The van der Waals surface area contributed by atoms with E-state index >= 15 is 0 Å². The van der Waals surface area contributed by atoms with Crippen molar-refractivity contribution in [1.29, 1.82) is 0 Å². The second-order valence-electron chi connectivity index (χ2n) is 6.75. The quantitative estimate of drug-likeness (QED) is 0.622. The Morgan fingerprint density at radius 2 is 1.75 bits per heavy atom. The third-order valence-corrected chi connectivity index (χ3v) is 5.05. The number of hydrogen-bond donors (Lipinski definition) is 0. The summed E-state index contributed by atoms with van der Waals surface area (Å²) in [5, 5.41) is 7.69. The fraction of sp³-hybridized carbons (Fsp3) is 0.316. The highest BCUT2D eigenvalue weighted by Gasteiger charge is 2.36. The predicted octanol–water partition coefficient (Wildman–Crippen LogP) is 3.91. The van der Waals surface area contributed by atoms with E-state index in [0.29, 0.717) is 31.6 Å². The number of nitrogens with zero attached hydrogens (tertiary/aromatic N) is 4. The Hall–Kier alpha value is -2.97. The molecule has 146 valence electrons. The van der Waals surface area contributed by atoms with Crippen LogP contribution in [0.3, 0.4) is 0 Å². The van der Waals surface area contributed by atoms with Crippen LogP contribution in [0.4, 0.5) is 17.6 Å². The van der Waals surface area contributed by atoms with E-state index in [-0.39, 0.29) is 17.3 Å². The second kappa shape index (κ2) is 6.88. The Morgan fingerprint density at radius 1 is 1.04 bits per heavy atom. The molecule has 1 amide bonds. The van der Waals surface area contributed by atoms with E-state index in [1.807, 2.05) is 0 Å². The first kappa shape index (κ1) is 18.4. The van der Waals surface area contributed by atoms with E-state index < -0.39 is 23.5 Å². The molecule has 1 aromatic carbocycles. The average molecular weight is 392 g/mol. The number of carbonyl (C=O) groups is 1. The molecule has 3 aromatic rings. The van der Waals surface area contributed by atoms with Gasteiger partial charge in [0, 0.05) is 19.3 Å². The Labute approximate surface area is 157 Å². The van der Waals surface area contributed by atoms with Gasteiger partial charge in [0.05, 0.1) is 5.56 Å². The van der Waals surface area contributed by atoms with Crippen LogP contribution in [0.1, 0.15) is 40.5 Å². The van der Waals surface area contributed by atoms with Crippen molar-refractivity contribution in [3.8, 4) is 0 Å². The third-order valence-electron chi connectivity index (χ3n) is 5.05. The number of rotatable bonds is 2. The lowest BCUT2D eigenvalue weighted by atomic mass is 9.86. The SMILES string of the molecule is O=C(c1nnc2ccc(F)cn12)N1CCC(c2ccccc2C(F)(F)F)CC1. The first-order chi connectivity index (χ1) is 13.3. The summed E-state index contributed by atoms with van der Waals surface area (Å²) in [7, 11) is 0. The van der Waals surface area contributed by atoms with Crippen LogP contribution in [0.5, 0.6) is 0 Å². The molecule has 9 heteroatoms. The highest BCUT2D eigenvalue weighted by Crippen LogP contribution is 2.38. The van der Waals surface area contributed by atoms with Crippen molar-refractivity contribution in [3.05, 3.63) is 65.4 Å². The highest BCUT2D eigenvalue weighted by atomic mass is 19.4. The minimum Gasteiger partial charge on any atom is -0.336 e. The van der Waals surface area contributed by atoms with Crippen molar-refractivity contribution in [2.75, 3.05) is 13.1 Å². The normalized spacial score (nSPS) is 15.9. The number of fused-ring (bicyclic) bond motifs is 1. The molecule has 0 aliphatic carbocycles. The van der Waals surface area contributed by atoms with E-state index in [0.717, 1.165) is 12.3 Å². The first-order valence-electron chi connectivity index (χ1n) is 8.80. The topological polar surface area (TPSA) is 50.5 Å². The van der Waals surface area contributed by atoms with Gasteiger partial charge in [0.1, 0.15) is 5.82 Å². The Kier molecular flexibility index (Phi) is 4.52. The van der Waals surface area contributed by atoms with Crippen LogP contribution >= 0.6 is 0 Å². The van der Waals surface area contributed by atoms with Crippen LogP contribution in [0.2, 0.25) is 0 Å². The van der Waals surface area contributed by atoms with Crippen LogP contribution in [-0.4, -0.2) is 38.5 Å². The highest BCUT2D eigenvalue weighted by molar-refractivity contribution is 5.91. The number of alkyl halides is 3. The van der Waals surface area contributed by atoms with Gasteiger partial charge in [0.2, 0.25) is 5.82 Å². The van der Waals surface area contributed by atoms with E-state index in [1.54, 1.807) is 6.07 Å². The first-order valence-corrected chi connectivity index (χ1v) is 8.80. The number of benzene rings is 1. The van der Waals surface area contributed by atoms with Gasteiger partial charge in [-0.1, -0.05) is 18.2 Å². The van der Waals surface area contributed by atoms with Crippen molar-refractivity contribution < 1.29 is 22.4 Å². The summed E-state index contributed by atoms with van der Waals surface area (Å²) in [6.45, 7) is 0.583. The molecular formula is C19H16F4N4O. The summed E-state index contributed by atoms with van der Waals surface area (Å²) >= 11 is 0. The fourth-order valence-corrected chi connectivity index (χ4v) is 3.66. The van der Waals surface area contributed by atoms with Crippen LogP contribution in [0.15, 0.2) is 42.6 Å². The number of likely N-dealkylation sites (tertiary alicyclic amines) is 1. The minimum absolute atomic E-state index is 0.0105. The molecule has 0 atom stereocenters. The zero-order valence-electron chi connectivity index (χ0n) is 14.7. The summed E-state index contributed by atoms with van der Waals surface area (Å²) in [6.07, 6.45) is -2.46. The molecule has 3 heterocycles. The lowest BCUT2D eigenvalue weighted by molar-refractivity contribution is -0.138. The number of aromatic nitrogens is 3. The van der Waals surface area contributed by atoms with Gasteiger partial charge in [-0.15, -0.1) is 10.2 Å². The number of hydrogen-bond acceptors (Lipinski definition) is 3. The van der Waals surface area contributed by atoms with Crippen molar-refractivity contribution in [2.24, 2.45) is 0 Å². The Bertz CT molecular complexity index is 1020. The Morgan fingerprint density at radius 3 is 2.46 bits per heavy atom. The number of carbonyl (C=O) groups excluding carboxylic acids is 1. The molecule has 1 saturated heterocycles. The van der Waals surface area contributed by atoms with Crippen LogP contribution in [0, 0.1) is 5.82 Å². The van der Waals surface area contributed by atoms with Crippen LogP contribution < -0.4 is 0 Å². The zero-order valence-corrected chi connectivity index (χ0v) is 14.7. The molecule has 0 spiro atoms. The van der Waals surface area contributed by atoms with Gasteiger partial charge in [0.25, 0.3) is 5.91 Å². The average Bonchev–Trinajstić information content (AvgIpc) is 3.10. The molecule has 5 nitrogen and oxygen atoms in total. The lowest BCUT2D eigenvalue weighted by Crippen LogP contribution is -2.39. The van der Waals surface area contributed by atoms with Gasteiger partial charge >= 0.3 is 6.18 Å². The molecule has 0 unspecified atom stereocenters. The molecule has 4 rings (SSSR count). The summed E-state index contributed by atoms with van der Waals surface area (Å²) in [5.41, 5.74) is -0.0189. The van der Waals surface area contributed by atoms with Gasteiger partial charge in [0.15, 0.2) is 5.65 Å². The van der Waals surface area contributed by atoms with E-state index in [2.05, 4.69) is 10.2 Å². The minimum atomic E-state index is -4.41. The third kappa shape index (κ3) is 3.32. The molecule has 1 fully saturated rings. The largest absolute Gasteiger partial charge is 0.416 e. The standard InChI is InChI=1S/C19H16F4N4O/c20-13-5-6-16-24-25-17(27(16)11-13)18(28)26-9-7-12(8-10-26)14-3-1-2-4-15(14)19(21,22)23/h1-6,11-12H,7-10H2. The van der Waals surface area contributed by atoms with Gasteiger partial charge in [-0.25, -0.2) is 4.39 Å². The molecular weight excluding hydrogens is 376 g/mol. The second-order valence-corrected chi connectivity index (χ2v) is 6.75. The van der Waals surface area contributed by atoms with Crippen LogP contribution in [0.25, 0.3) is 5.65 Å². The predicted molar refractivity (Wildman–Crippen MR) is 92.3 cm³/mol. The maximum Gasteiger partial charge on any atom is 0.416 e. The molecule has 0 bridgehead atoms. The Balaban J connectivity index is 1.52. The fourth-order valence-electron chi connectivity index (χ4n) is 3.66. The van der Waals surface area contributed by atoms with Gasteiger partial charge < -0.3 is 4.90 Å². The number of halogens is 4. The summed E-state index contributed by atoms with van der Waals surface area (Å²) in [6, 6.07) is 8.20. The molecule has 1 aliphatic rings. The maximum atomic E-state index is 13.5. The number of piperidine rings is 1. The molecule has 0 saturated carbocycles. The molecule has 28 heavy (non-hydrogen) atoms. The van der Waals surface area contributed by atoms with Crippen LogP contribution in [-0.2, 0) is 6.18 Å². The van der Waals surface area contributed by atoms with Gasteiger partial charge in [-0.05, 0) is 42.5 Å². The van der Waals surface area contributed by atoms with Gasteiger partial charge in [-0.3, -0.25) is 9.20 Å². The van der Waals surface area contributed by atoms with Crippen molar-refractivity contribution in [2.45, 2.75) is 24.9 Å². The van der Waals surface area contributed by atoms with E-state index in [4.69, 9.17) is 0 Å². The number of amides is 1. The van der Waals surface area contributed by atoms with Crippen molar-refractivity contribution in [3.63, 3.8) is 0 Å². The molecule has 1 aliphatic heterocycles. The molecule has 0 radical (unpaired) electrons. The summed E-state index contributed by atoms with van der Waals surface area (Å²) < 4.78 is 54.5. The summed E-state index contributed by atoms with van der Waals surface area (Å²) in [5.74, 6) is -1.23. The summed E-state index contributed by atoms with van der Waals surface area (Å²) in [4.78, 5) is 14.3. The van der Waals surface area contributed by atoms with Crippen molar-refractivity contribution in [1.82, 2.24) is 19.5 Å². The maximum absolute atomic E-state index is 13.5. The lowest BCUT2D eigenvalue weighted by Gasteiger charge is -2.32. The number of pyridine rings is 1. The van der Waals surface area contributed by atoms with Gasteiger partial charge in [-0.2, -0.15) is 13.2 Å². The molecule has 0 N–H and O–H groups in total. The van der Waals surface area contributed by atoms with E-state index in [9.17, 15) is 22.4 Å². The molecule has 2 aromatic heterocycles. The monoisotopic (exact) mass is 392 g/mol.